The Bertz CT molecular complexity index is 774. The van der Waals surface area contributed by atoms with Crippen molar-refractivity contribution in [1.29, 1.82) is 0 Å². The molecule has 0 radical (unpaired) electrons. The molecular formula is C21H25NO4. The van der Waals surface area contributed by atoms with Gasteiger partial charge in [-0.1, -0.05) is 12.1 Å². The summed E-state index contributed by atoms with van der Waals surface area (Å²) in [5.41, 5.74) is 2.09. The Labute approximate surface area is 154 Å². The smallest absolute Gasteiger partial charge is 0.261 e. The normalized spacial score (nSPS) is 16.4. The Balaban J connectivity index is 1.74. The molecule has 138 valence electrons. The summed E-state index contributed by atoms with van der Waals surface area (Å²) in [6, 6.07) is 13.4. The molecule has 26 heavy (non-hydrogen) atoms. The fraction of sp³-hybridized carbons (Fsp3) is 0.381. The lowest BCUT2D eigenvalue weighted by Crippen LogP contribution is -2.34. The van der Waals surface area contributed by atoms with E-state index in [2.05, 4.69) is 0 Å². The molecule has 1 amide bonds. The summed E-state index contributed by atoms with van der Waals surface area (Å²) < 4.78 is 16.5. The van der Waals surface area contributed by atoms with Crippen LogP contribution in [0.25, 0.3) is 0 Å². The Kier molecular flexibility index (Phi) is 5.66. The second-order valence-corrected chi connectivity index (χ2v) is 6.46. The molecule has 3 rings (SSSR count). The highest BCUT2D eigenvalue weighted by Gasteiger charge is 2.32. The first-order valence-electron chi connectivity index (χ1n) is 8.83. The van der Waals surface area contributed by atoms with E-state index in [1.54, 1.807) is 14.2 Å². The minimum absolute atomic E-state index is 0.0149. The Hall–Kier alpha value is -2.69. The van der Waals surface area contributed by atoms with Crippen molar-refractivity contribution in [2.45, 2.75) is 25.8 Å². The lowest BCUT2D eigenvalue weighted by atomic mass is 10.0. The van der Waals surface area contributed by atoms with Crippen LogP contribution in [0.4, 0.5) is 0 Å². The van der Waals surface area contributed by atoms with Crippen molar-refractivity contribution in [2.24, 2.45) is 0 Å². The molecule has 1 aliphatic rings. The first kappa shape index (κ1) is 18.1. The number of likely N-dealkylation sites (tertiary alicyclic amines) is 1. The van der Waals surface area contributed by atoms with Crippen LogP contribution in [0.15, 0.2) is 42.5 Å². The summed E-state index contributed by atoms with van der Waals surface area (Å²) in [7, 11) is 3.28. The van der Waals surface area contributed by atoms with E-state index >= 15 is 0 Å². The van der Waals surface area contributed by atoms with Crippen molar-refractivity contribution in [2.75, 3.05) is 27.4 Å². The summed E-state index contributed by atoms with van der Waals surface area (Å²) in [5, 5.41) is 0. The second kappa shape index (κ2) is 8.13. The zero-order chi connectivity index (χ0) is 18.5. The van der Waals surface area contributed by atoms with E-state index in [4.69, 9.17) is 14.2 Å². The maximum atomic E-state index is 12.8. The Morgan fingerprint density at radius 1 is 1.12 bits per heavy atom. The molecule has 0 aliphatic carbocycles. The number of carbonyl (C=O) groups excluding carboxylic acids is 1. The fourth-order valence-corrected chi connectivity index (χ4v) is 3.42. The van der Waals surface area contributed by atoms with E-state index in [1.165, 1.54) is 0 Å². The first-order valence-corrected chi connectivity index (χ1v) is 8.83. The lowest BCUT2D eigenvalue weighted by molar-refractivity contribution is -0.134. The molecule has 1 heterocycles. The molecule has 1 aliphatic heterocycles. The quantitative estimate of drug-likeness (QED) is 0.792. The number of aryl methyl sites for hydroxylation is 1. The molecule has 5 heteroatoms. The second-order valence-electron chi connectivity index (χ2n) is 6.46. The molecule has 1 fully saturated rings. The van der Waals surface area contributed by atoms with E-state index < -0.39 is 0 Å². The van der Waals surface area contributed by atoms with Gasteiger partial charge in [0.2, 0.25) is 0 Å². The summed E-state index contributed by atoms with van der Waals surface area (Å²) in [4.78, 5) is 14.7. The highest BCUT2D eigenvalue weighted by Crippen LogP contribution is 2.38. The van der Waals surface area contributed by atoms with Crippen molar-refractivity contribution < 1.29 is 19.0 Å². The van der Waals surface area contributed by atoms with Gasteiger partial charge in [0, 0.05) is 12.1 Å². The summed E-state index contributed by atoms with van der Waals surface area (Å²) in [6.07, 6.45) is 1.86. The summed E-state index contributed by atoms with van der Waals surface area (Å²) in [6.45, 7) is 2.76. The van der Waals surface area contributed by atoms with E-state index in [0.29, 0.717) is 5.75 Å². The lowest BCUT2D eigenvalue weighted by Gasteiger charge is -2.26. The van der Waals surface area contributed by atoms with Crippen molar-refractivity contribution in [3.63, 3.8) is 0 Å². The minimum Gasteiger partial charge on any atom is -0.497 e. The maximum Gasteiger partial charge on any atom is 0.261 e. The number of methoxy groups -OCH3 is 2. The van der Waals surface area contributed by atoms with E-state index in [9.17, 15) is 4.79 Å². The molecule has 1 saturated heterocycles. The highest BCUT2D eigenvalue weighted by atomic mass is 16.5. The molecule has 1 atom stereocenters. The van der Waals surface area contributed by atoms with Crippen LogP contribution in [0.2, 0.25) is 0 Å². The number of hydrogen-bond acceptors (Lipinski definition) is 4. The predicted octanol–water partition coefficient (Wildman–Crippen LogP) is 3.75. The summed E-state index contributed by atoms with van der Waals surface area (Å²) in [5.74, 6) is 2.23. The third-order valence-corrected chi connectivity index (χ3v) is 4.72. The van der Waals surface area contributed by atoms with Crippen LogP contribution in [0, 0.1) is 6.92 Å². The largest absolute Gasteiger partial charge is 0.497 e. The van der Waals surface area contributed by atoms with Gasteiger partial charge in [0.1, 0.15) is 17.2 Å². The zero-order valence-corrected chi connectivity index (χ0v) is 15.5. The molecule has 0 N–H and O–H groups in total. The van der Waals surface area contributed by atoms with E-state index in [-0.39, 0.29) is 18.6 Å². The standard InChI is InChI=1S/C21H25NO4/c1-15-6-4-7-17(12-15)26-14-21(23)22-11-5-8-19(22)18-13-16(24-2)9-10-20(18)25-3/h4,6-7,9-10,12-13,19H,5,8,11,14H2,1-3H3. The molecule has 2 aromatic rings. The van der Waals surface area contributed by atoms with Gasteiger partial charge in [0.15, 0.2) is 6.61 Å². The van der Waals surface area contributed by atoms with Crippen LogP contribution in [0.5, 0.6) is 17.2 Å². The van der Waals surface area contributed by atoms with E-state index in [1.807, 2.05) is 54.3 Å². The average molecular weight is 355 g/mol. The highest BCUT2D eigenvalue weighted by molar-refractivity contribution is 5.78. The van der Waals surface area contributed by atoms with Gasteiger partial charge < -0.3 is 19.1 Å². The van der Waals surface area contributed by atoms with Gasteiger partial charge in [-0.25, -0.2) is 0 Å². The van der Waals surface area contributed by atoms with Gasteiger partial charge in [-0.05, 0) is 55.7 Å². The molecule has 0 aromatic heterocycles. The van der Waals surface area contributed by atoms with Gasteiger partial charge in [-0.15, -0.1) is 0 Å². The van der Waals surface area contributed by atoms with Gasteiger partial charge in [0.05, 0.1) is 20.3 Å². The Morgan fingerprint density at radius 3 is 2.69 bits per heavy atom. The fourth-order valence-electron chi connectivity index (χ4n) is 3.42. The van der Waals surface area contributed by atoms with Crippen LogP contribution in [0.3, 0.4) is 0 Å². The third kappa shape index (κ3) is 3.93. The van der Waals surface area contributed by atoms with Crippen LogP contribution in [-0.4, -0.2) is 38.2 Å². The van der Waals surface area contributed by atoms with Crippen LogP contribution >= 0.6 is 0 Å². The Morgan fingerprint density at radius 2 is 1.96 bits per heavy atom. The first-order chi connectivity index (χ1) is 12.6. The number of ether oxygens (including phenoxy) is 3. The number of benzene rings is 2. The average Bonchev–Trinajstić information content (AvgIpc) is 3.15. The van der Waals surface area contributed by atoms with Crippen molar-refractivity contribution >= 4 is 5.91 Å². The minimum atomic E-state index is -0.0198. The van der Waals surface area contributed by atoms with Gasteiger partial charge in [-0.3, -0.25) is 4.79 Å². The molecular weight excluding hydrogens is 330 g/mol. The van der Waals surface area contributed by atoms with Crippen molar-refractivity contribution in [3.05, 3.63) is 53.6 Å². The van der Waals surface area contributed by atoms with E-state index in [0.717, 1.165) is 42.0 Å². The van der Waals surface area contributed by atoms with Gasteiger partial charge in [-0.2, -0.15) is 0 Å². The number of hydrogen-bond donors (Lipinski definition) is 0. The molecule has 0 saturated carbocycles. The molecule has 5 nitrogen and oxygen atoms in total. The number of carbonyl (C=O) groups is 1. The maximum absolute atomic E-state index is 12.8. The van der Waals surface area contributed by atoms with Gasteiger partial charge in [0.25, 0.3) is 5.91 Å². The zero-order valence-electron chi connectivity index (χ0n) is 15.5. The van der Waals surface area contributed by atoms with Crippen molar-refractivity contribution in [3.8, 4) is 17.2 Å². The molecule has 1 unspecified atom stereocenters. The topological polar surface area (TPSA) is 48.0 Å². The van der Waals surface area contributed by atoms with Crippen LogP contribution < -0.4 is 14.2 Å². The SMILES string of the molecule is COc1ccc(OC)c(C2CCCN2C(=O)COc2cccc(C)c2)c1. The monoisotopic (exact) mass is 355 g/mol. The third-order valence-electron chi connectivity index (χ3n) is 4.72. The number of nitrogens with zero attached hydrogens (tertiary/aromatic N) is 1. The van der Waals surface area contributed by atoms with Crippen LogP contribution in [0.1, 0.15) is 30.0 Å². The predicted molar refractivity (Wildman–Crippen MR) is 99.9 cm³/mol. The molecule has 0 bridgehead atoms. The van der Waals surface area contributed by atoms with Gasteiger partial charge >= 0.3 is 0 Å². The number of rotatable bonds is 6. The summed E-state index contributed by atoms with van der Waals surface area (Å²) >= 11 is 0. The van der Waals surface area contributed by atoms with Crippen molar-refractivity contribution in [1.82, 2.24) is 4.90 Å². The van der Waals surface area contributed by atoms with Crippen LogP contribution in [-0.2, 0) is 4.79 Å². The number of amides is 1. The molecule has 0 spiro atoms. The molecule has 2 aromatic carbocycles.